The van der Waals surface area contributed by atoms with Crippen molar-refractivity contribution >= 4 is 56.6 Å². The van der Waals surface area contributed by atoms with Gasteiger partial charge in [-0.3, -0.25) is 0 Å². The van der Waals surface area contributed by atoms with Crippen LogP contribution in [-0.2, 0) is 0 Å². The molecule has 1 aliphatic rings. The fourth-order valence-electron chi connectivity index (χ4n) is 6.65. The summed E-state index contributed by atoms with van der Waals surface area (Å²) in [6, 6.07) is 63.2. The molecule has 0 spiro atoms. The lowest BCUT2D eigenvalue weighted by atomic mass is 10.3. The van der Waals surface area contributed by atoms with Crippen LogP contribution in [0.3, 0.4) is 0 Å². The van der Waals surface area contributed by atoms with E-state index in [-0.39, 0.29) is 0 Å². The average molecular weight is 772 g/mol. The molecule has 1 aliphatic heterocycles. The molecule has 0 amide bonds. The molecule has 9 nitrogen and oxygen atoms in total. The molecule has 0 atom stereocenters. The zero-order valence-corrected chi connectivity index (χ0v) is 34.4. The van der Waals surface area contributed by atoms with Gasteiger partial charge in [-0.05, 0) is 72.8 Å². The Bertz CT molecular complexity index is 1880. The number of benzene rings is 6. The van der Waals surface area contributed by atoms with E-state index >= 15 is 0 Å². The molecule has 276 valence electrons. The van der Waals surface area contributed by atoms with Crippen LogP contribution in [0.1, 0.15) is 0 Å². The van der Waals surface area contributed by atoms with Gasteiger partial charge in [0.25, 0.3) is 22.5 Å². The summed E-state index contributed by atoms with van der Waals surface area (Å²) in [5, 5.41) is 0. The van der Waals surface area contributed by atoms with E-state index in [2.05, 4.69) is 252 Å². The number of nitrogens with zero attached hydrogens (tertiary/aromatic N) is 9. The monoisotopic (exact) mass is 771 g/mol. The van der Waals surface area contributed by atoms with Crippen molar-refractivity contribution in [2.24, 2.45) is 13.5 Å². The van der Waals surface area contributed by atoms with E-state index < -0.39 is 22.5 Å². The van der Waals surface area contributed by atoms with Crippen LogP contribution in [0.4, 0.5) is 34.1 Å². The molecule has 0 aliphatic carbocycles. The van der Waals surface area contributed by atoms with Crippen molar-refractivity contribution in [1.29, 1.82) is 0 Å². The first kappa shape index (κ1) is 37.1. The van der Waals surface area contributed by atoms with Crippen LogP contribution >= 0.6 is 22.5 Å². The maximum Gasteiger partial charge on any atom is 0.273 e. The largest absolute Gasteiger partial charge is 0.308 e. The molecule has 6 aromatic rings. The second-order valence-corrected chi connectivity index (χ2v) is 22.0. The van der Waals surface area contributed by atoms with Crippen LogP contribution in [0.25, 0.3) is 0 Å². The third kappa shape index (κ3) is 6.73. The van der Waals surface area contributed by atoms with Gasteiger partial charge in [0.2, 0.25) is 0 Å². The molecule has 0 unspecified atom stereocenters. The van der Waals surface area contributed by atoms with E-state index in [1.165, 1.54) is 0 Å². The van der Waals surface area contributed by atoms with Crippen molar-refractivity contribution in [2.75, 3.05) is 70.3 Å². The lowest BCUT2D eigenvalue weighted by Gasteiger charge is -2.51. The first-order chi connectivity index (χ1) is 26.2. The summed E-state index contributed by atoms with van der Waals surface area (Å²) in [4.78, 5) is 0. The van der Waals surface area contributed by atoms with Crippen LogP contribution in [-0.4, -0.2) is 42.3 Å². The van der Waals surface area contributed by atoms with Gasteiger partial charge >= 0.3 is 0 Å². The number of rotatable bonds is 12. The molecular weight excluding hydrogens is 723 g/mol. The Morgan fingerprint density at radius 2 is 0.370 bits per heavy atom. The van der Waals surface area contributed by atoms with Crippen molar-refractivity contribution < 1.29 is 0 Å². The van der Waals surface area contributed by atoms with E-state index in [1.807, 2.05) is 0 Å². The molecular formula is C42H48N9P3. The summed E-state index contributed by atoms with van der Waals surface area (Å²) in [5.41, 5.74) is 6.13. The zero-order valence-electron chi connectivity index (χ0n) is 31.7. The second kappa shape index (κ2) is 15.7. The van der Waals surface area contributed by atoms with E-state index in [1.54, 1.807) is 0 Å². The van der Waals surface area contributed by atoms with Crippen molar-refractivity contribution in [3.8, 4) is 0 Å². The van der Waals surface area contributed by atoms with Gasteiger partial charge in [-0.2, -0.15) is 13.5 Å². The standard InChI is InChI=1S/C42H48N9P3/c1-46(37-25-13-7-14-26-37)52(47(2)38-27-15-8-16-28-38)43-53(48(3)39-29-17-9-18-30-39,49(4)40-31-19-10-20-32-40)45-54(44-52,50(5)41-33-21-11-22-34-41)51(6)42-35-23-12-24-36-42/h7-36H,1-6H3. The maximum absolute atomic E-state index is 6.26. The lowest BCUT2D eigenvalue weighted by Crippen LogP contribution is -2.34. The smallest absolute Gasteiger partial charge is 0.273 e. The van der Waals surface area contributed by atoms with Gasteiger partial charge in [-0.15, -0.1) is 0 Å². The number of hydrogen-bond acceptors (Lipinski definition) is 9. The highest BCUT2D eigenvalue weighted by Gasteiger charge is 2.50. The Morgan fingerprint density at radius 3 is 0.500 bits per heavy atom. The Labute approximate surface area is 321 Å². The Kier molecular flexibility index (Phi) is 10.8. The minimum atomic E-state index is -3.20. The first-order valence-electron chi connectivity index (χ1n) is 17.9. The highest BCUT2D eigenvalue weighted by atomic mass is 31.3. The highest BCUT2D eigenvalue weighted by Crippen LogP contribution is 2.83. The molecule has 0 saturated heterocycles. The predicted molar refractivity (Wildman–Crippen MR) is 237 cm³/mol. The van der Waals surface area contributed by atoms with Gasteiger partial charge in [0.05, 0.1) is 0 Å². The molecule has 7 rings (SSSR count). The molecule has 54 heavy (non-hydrogen) atoms. The zero-order chi connectivity index (χ0) is 37.8. The summed E-state index contributed by atoms with van der Waals surface area (Å²) < 4.78 is 32.8. The fourth-order valence-corrected chi connectivity index (χ4v) is 21.5. The summed E-state index contributed by atoms with van der Waals surface area (Å²) in [7, 11) is 3.31. The number of hydrogen-bond donors (Lipinski definition) is 0. The summed E-state index contributed by atoms with van der Waals surface area (Å²) in [6.07, 6.45) is 0. The highest BCUT2D eigenvalue weighted by molar-refractivity contribution is 7.90. The van der Waals surface area contributed by atoms with E-state index in [9.17, 15) is 0 Å². The van der Waals surface area contributed by atoms with Gasteiger partial charge in [0.1, 0.15) is 0 Å². The normalized spacial score (nSPS) is 15.0. The number of para-hydroxylation sites is 6. The van der Waals surface area contributed by atoms with Gasteiger partial charge in [0, 0.05) is 76.4 Å². The third-order valence-corrected chi connectivity index (χ3v) is 21.9. The van der Waals surface area contributed by atoms with Crippen molar-refractivity contribution in [3.05, 3.63) is 182 Å². The van der Waals surface area contributed by atoms with Crippen molar-refractivity contribution in [2.45, 2.75) is 0 Å². The molecule has 0 N–H and O–H groups in total. The van der Waals surface area contributed by atoms with Gasteiger partial charge in [-0.25, -0.2) is 0 Å². The fraction of sp³-hybridized carbons (Fsp3) is 0.143. The third-order valence-electron chi connectivity index (χ3n) is 9.91. The van der Waals surface area contributed by atoms with Crippen LogP contribution in [0.5, 0.6) is 0 Å². The SMILES string of the molecule is CN(c1ccccc1)P1(N(C)c2ccccc2)=NP(N(C)c2ccccc2)(N(C)c2ccccc2)=NP(N(C)c2ccccc2)(N(C)c2ccccc2)=N1. The topological polar surface area (TPSA) is 56.5 Å². The Hall–Kier alpha value is -5.19. The lowest BCUT2D eigenvalue weighted by molar-refractivity contribution is 1.16. The number of anilines is 6. The maximum atomic E-state index is 6.26. The minimum absolute atomic E-state index is 1.02. The summed E-state index contributed by atoms with van der Waals surface area (Å²) in [5.74, 6) is 0. The van der Waals surface area contributed by atoms with Gasteiger partial charge in [-0.1, -0.05) is 109 Å². The summed E-state index contributed by atoms with van der Waals surface area (Å²) in [6.45, 7) is 0. The molecule has 0 radical (unpaired) electrons. The second-order valence-electron chi connectivity index (χ2n) is 13.0. The van der Waals surface area contributed by atoms with Crippen LogP contribution in [0.15, 0.2) is 196 Å². The molecule has 0 saturated carbocycles. The average Bonchev–Trinajstić information content (AvgIpc) is 3.26. The molecule has 0 bridgehead atoms. The molecule has 12 heteroatoms. The molecule has 0 aromatic heterocycles. The molecule has 6 aromatic carbocycles. The van der Waals surface area contributed by atoms with Gasteiger partial charge in [0.15, 0.2) is 0 Å². The molecule has 1 heterocycles. The van der Waals surface area contributed by atoms with Gasteiger partial charge < -0.3 is 28.0 Å². The first-order valence-corrected chi connectivity index (χ1v) is 22.7. The van der Waals surface area contributed by atoms with Crippen LogP contribution in [0, 0.1) is 0 Å². The van der Waals surface area contributed by atoms with Crippen LogP contribution in [0.2, 0.25) is 0 Å². The Morgan fingerprint density at radius 1 is 0.241 bits per heavy atom. The van der Waals surface area contributed by atoms with Crippen LogP contribution < -0.4 is 28.0 Å². The van der Waals surface area contributed by atoms with Crippen molar-refractivity contribution in [1.82, 2.24) is 0 Å². The van der Waals surface area contributed by atoms with E-state index in [0.29, 0.717) is 0 Å². The predicted octanol–water partition coefficient (Wildman–Crippen LogP) is 12.7. The Balaban J connectivity index is 1.73. The minimum Gasteiger partial charge on any atom is -0.308 e. The van der Waals surface area contributed by atoms with E-state index in [4.69, 9.17) is 13.5 Å². The van der Waals surface area contributed by atoms with E-state index in [0.717, 1.165) is 34.1 Å². The quantitative estimate of drug-likeness (QED) is 0.116. The van der Waals surface area contributed by atoms with Crippen molar-refractivity contribution in [3.63, 3.8) is 0 Å². The molecule has 0 fully saturated rings. The summed E-state index contributed by atoms with van der Waals surface area (Å²) >= 11 is 0.